The predicted molar refractivity (Wildman–Crippen MR) is 52.8 cm³/mol. The van der Waals surface area contributed by atoms with Crippen LogP contribution in [0.1, 0.15) is 13.3 Å². The molecule has 0 fully saturated rings. The average Bonchev–Trinajstić information content (AvgIpc) is 2.58. The fourth-order valence-electron chi connectivity index (χ4n) is 0.704. The molecule has 14 heavy (non-hydrogen) atoms. The number of aromatic amines is 1. The van der Waals surface area contributed by atoms with E-state index in [-0.39, 0.29) is 17.7 Å². The molecule has 6 nitrogen and oxygen atoms in total. The van der Waals surface area contributed by atoms with Gasteiger partial charge in [0.15, 0.2) is 0 Å². The van der Waals surface area contributed by atoms with E-state index in [9.17, 15) is 4.79 Å². The van der Waals surface area contributed by atoms with E-state index in [0.29, 0.717) is 11.8 Å². The molecular formula is C7H12N4O2S. The number of nitrogens with two attached hydrogens (primary N) is 1. The number of aromatic nitrogens is 3. The van der Waals surface area contributed by atoms with Gasteiger partial charge >= 0.3 is 5.97 Å². The van der Waals surface area contributed by atoms with Crippen molar-refractivity contribution in [3.8, 4) is 0 Å². The number of thioether (sulfide) groups is 1. The second-order valence-corrected chi connectivity index (χ2v) is 3.45. The minimum atomic E-state index is -0.264. The molecule has 0 atom stereocenters. The first-order valence-corrected chi connectivity index (χ1v) is 5.17. The number of ether oxygens (including phenoxy) is 1. The third-order valence-corrected chi connectivity index (χ3v) is 2.09. The fraction of sp³-hybridized carbons (Fsp3) is 0.571. The van der Waals surface area contributed by atoms with Crippen molar-refractivity contribution in [1.29, 1.82) is 0 Å². The molecule has 0 aliphatic heterocycles. The lowest BCUT2D eigenvalue weighted by Gasteiger charge is -1.99. The molecular weight excluding hydrogens is 204 g/mol. The lowest BCUT2D eigenvalue weighted by atomic mass is 10.5. The van der Waals surface area contributed by atoms with Crippen molar-refractivity contribution in [2.45, 2.75) is 18.5 Å². The van der Waals surface area contributed by atoms with E-state index in [2.05, 4.69) is 15.2 Å². The number of nitrogens with zero attached hydrogens (tertiary/aromatic N) is 2. The monoisotopic (exact) mass is 216 g/mol. The van der Waals surface area contributed by atoms with Crippen molar-refractivity contribution in [3.05, 3.63) is 0 Å². The molecule has 0 spiro atoms. The maximum absolute atomic E-state index is 11.0. The van der Waals surface area contributed by atoms with Gasteiger partial charge in [0.1, 0.15) is 0 Å². The number of nitrogens with one attached hydrogen (secondary N) is 1. The number of carbonyl (C=O) groups is 1. The first-order chi connectivity index (χ1) is 6.72. The van der Waals surface area contributed by atoms with Crippen molar-refractivity contribution in [3.63, 3.8) is 0 Å². The van der Waals surface area contributed by atoms with Crippen molar-refractivity contribution in [2.24, 2.45) is 0 Å². The average molecular weight is 216 g/mol. The van der Waals surface area contributed by atoms with Gasteiger partial charge in [-0.1, -0.05) is 18.7 Å². The number of H-pyrrole nitrogens is 1. The van der Waals surface area contributed by atoms with Crippen LogP contribution in [0.4, 0.5) is 5.95 Å². The summed E-state index contributed by atoms with van der Waals surface area (Å²) in [6.45, 7) is 2.39. The maximum Gasteiger partial charge on any atom is 0.316 e. The standard InChI is InChI=1S/C7H12N4O2S/c1-2-3-13-5(12)4-14-7-9-6(8)10-11-7/h2-4H2,1H3,(H3,8,9,10,11). The molecule has 3 N–H and O–H groups in total. The Balaban J connectivity index is 2.23. The zero-order chi connectivity index (χ0) is 10.4. The van der Waals surface area contributed by atoms with Crippen LogP contribution in [0.2, 0.25) is 0 Å². The van der Waals surface area contributed by atoms with Gasteiger partial charge in [-0.15, -0.1) is 5.10 Å². The first kappa shape index (κ1) is 10.8. The highest BCUT2D eigenvalue weighted by molar-refractivity contribution is 7.99. The van der Waals surface area contributed by atoms with E-state index in [4.69, 9.17) is 10.5 Å². The Bertz CT molecular complexity index is 302. The van der Waals surface area contributed by atoms with Gasteiger partial charge in [-0.3, -0.25) is 4.79 Å². The Kier molecular flexibility index (Phi) is 4.24. The van der Waals surface area contributed by atoms with E-state index in [1.165, 1.54) is 11.8 Å². The molecule has 0 unspecified atom stereocenters. The van der Waals surface area contributed by atoms with Gasteiger partial charge in [-0.25, -0.2) is 5.10 Å². The highest BCUT2D eigenvalue weighted by atomic mass is 32.2. The smallest absolute Gasteiger partial charge is 0.316 e. The van der Waals surface area contributed by atoms with E-state index in [1.807, 2.05) is 6.92 Å². The zero-order valence-electron chi connectivity index (χ0n) is 7.82. The summed E-state index contributed by atoms with van der Waals surface area (Å²) in [4.78, 5) is 14.9. The molecule has 0 saturated heterocycles. The highest BCUT2D eigenvalue weighted by Gasteiger charge is 2.06. The minimum absolute atomic E-state index is 0.206. The molecule has 78 valence electrons. The normalized spacial score (nSPS) is 10.1. The summed E-state index contributed by atoms with van der Waals surface area (Å²) >= 11 is 1.19. The fourth-order valence-corrected chi connectivity index (χ4v) is 1.31. The van der Waals surface area contributed by atoms with Crippen molar-refractivity contribution in [2.75, 3.05) is 18.1 Å². The van der Waals surface area contributed by atoms with Crippen molar-refractivity contribution >= 4 is 23.7 Å². The Morgan fingerprint density at radius 1 is 1.71 bits per heavy atom. The number of anilines is 1. The summed E-state index contributed by atoms with van der Waals surface area (Å²) in [6.07, 6.45) is 0.823. The number of rotatable bonds is 5. The Hall–Kier alpha value is -1.24. The molecule has 0 aliphatic carbocycles. The Morgan fingerprint density at radius 3 is 3.07 bits per heavy atom. The van der Waals surface area contributed by atoms with Crippen LogP contribution in [0, 0.1) is 0 Å². The topological polar surface area (TPSA) is 93.9 Å². The third kappa shape index (κ3) is 3.65. The molecule has 1 aromatic heterocycles. The molecule has 1 heterocycles. The number of esters is 1. The van der Waals surface area contributed by atoms with Crippen LogP contribution in [0.25, 0.3) is 0 Å². The van der Waals surface area contributed by atoms with E-state index >= 15 is 0 Å². The Labute approximate surface area is 85.6 Å². The summed E-state index contributed by atoms with van der Waals surface area (Å²) in [5.41, 5.74) is 5.31. The molecule has 0 radical (unpaired) electrons. The molecule has 0 aromatic carbocycles. The van der Waals surface area contributed by atoms with Crippen LogP contribution in [-0.4, -0.2) is 33.5 Å². The number of hydrogen-bond donors (Lipinski definition) is 2. The lowest BCUT2D eigenvalue weighted by Crippen LogP contribution is -2.07. The van der Waals surface area contributed by atoms with Gasteiger partial charge in [0.25, 0.3) is 0 Å². The van der Waals surface area contributed by atoms with Crippen molar-refractivity contribution < 1.29 is 9.53 Å². The van der Waals surface area contributed by atoms with Crippen LogP contribution in [-0.2, 0) is 9.53 Å². The molecule has 0 saturated carbocycles. The van der Waals surface area contributed by atoms with Crippen LogP contribution in [0.3, 0.4) is 0 Å². The molecule has 0 amide bonds. The zero-order valence-corrected chi connectivity index (χ0v) is 8.63. The molecule has 0 aliphatic rings. The summed E-state index contributed by atoms with van der Waals surface area (Å²) < 4.78 is 4.86. The first-order valence-electron chi connectivity index (χ1n) is 4.18. The SMILES string of the molecule is CCCOC(=O)CSc1n[nH]c(N)n1. The van der Waals surface area contributed by atoms with E-state index in [1.54, 1.807) is 0 Å². The highest BCUT2D eigenvalue weighted by Crippen LogP contribution is 2.12. The largest absolute Gasteiger partial charge is 0.465 e. The van der Waals surface area contributed by atoms with Gasteiger partial charge in [-0.2, -0.15) is 4.98 Å². The molecule has 7 heteroatoms. The molecule has 0 bridgehead atoms. The van der Waals surface area contributed by atoms with Gasteiger partial charge in [0.05, 0.1) is 12.4 Å². The van der Waals surface area contributed by atoms with Gasteiger partial charge < -0.3 is 10.5 Å². The maximum atomic E-state index is 11.0. The van der Waals surface area contributed by atoms with E-state index < -0.39 is 0 Å². The predicted octanol–water partition coefficient (Wildman–Crippen LogP) is 0.432. The van der Waals surface area contributed by atoms with Crippen LogP contribution in [0.15, 0.2) is 5.16 Å². The summed E-state index contributed by atoms with van der Waals surface area (Å²) in [5.74, 6) is 0.187. The van der Waals surface area contributed by atoms with E-state index in [0.717, 1.165) is 6.42 Å². The van der Waals surface area contributed by atoms with Gasteiger partial charge in [0.2, 0.25) is 11.1 Å². The van der Waals surface area contributed by atoms with Crippen molar-refractivity contribution in [1.82, 2.24) is 15.2 Å². The number of hydrogen-bond acceptors (Lipinski definition) is 6. The summed E-state index contributed by atoms with van der Waals surface area (Å²) in [6, 6.07) is 0. The molecule has 1 aromatic rings. The lowest BCUT2D eigenvalue weighted by molar-refractivity contribution is -0.140. The second-order valence-electron chi connectivity index (χ2n) is 2.51. The van der Waals surface area contributed by atoms with Crippen LogP contribution < -0.4 is 5.73 Å². The number of nitrogen functional groups attached to an aromatic ring is 1. The van der Waals surface area contributed by atoms with Gasteiger partial charge in [-0.05, 0) is 6.42 Å². The molecule has 1 rings (SSSR count). The summed E-state index contributed by atoms with van der Waals surface area (Å²) in [7, 11) is 0. The minimum Gasteiger partial charge on any atom is -0.465 e. The van der Waals surface area contributed by atoms with Gasteiger partial charge in [0, 0.05) is 0 Å². The third-order valence-electron chi connectivity index (χ3n) is 1.27. The quantitative estimate of drug-likeness (QED) is 0.547. The number of carbonyl (C=O) groups excluding carboxylic acids is 1. The second kappa shape index (κ2) is 5.48. The summed E-state index contributed by atoms with van der Waals surface area (Å²) in [5, 5.41) is 6.70. The van der Waals surface area contributed by atoms with Crippen LogP contribution >= 0.6 is 11.8 Å². The van der Waals surface area contributed by atoms with Crippen LogP contribution in [0.5, 0.6) is 0 Å². The Morgan fingerprint density at radius 2 is 2.50 bits per heavy atom.